The number of halogens is 2. The molecule has 1 atom stereocenters. The monoisotopic (exact) mass is 484 g/mol. The minimum absolute atomic E-state index is 0. The maximum absolute atomic E-state index is 14.2. The van der Waals surface area contributed by atoms with E-state index < -0.39 is 0 Å². The molecule has 2 aromatic rings. The van der Waals surface area contributed by atoms with Crippen LogP contribution in [0, 0.1) is 12.7 Å². The predicted molar refractivity (Wildman–Crippen MR) is 114 cm³/mol. The van der Waals surface area contributed by atoms with Gasteiger partial charge >= 0.3 is 0 Å². The second-order valence-corrected chi connectivity index (χ2v) is 7.32. The van der Waals surface area contributed by atoms with Crippen LogP contribution in [0.2, 0.25) is 0 Å². The Morgan fingerprint density at radius 3 is 2.85 bits per heavy atom. The molecule has 8 heteroatoms. The van der Waals surface area contributed by atoms with Crippen molar-refractivity contribution >= 4 is 29.9 Å². The maximum atomic E-state index is 14.2. The van der Waals surface area contributed by atoms with E-state index in [1.165, 1.54) is 0 Å². The average molecular weight is 484 g/mol. The van der Waals surface area contributed by atoms with Crippen LogP contribution >= 0.6 is 24.0 Å². The van der Waals surface area contributed by atoms with Crippen molar-refractivity contribution in [3.8, 4) is 0 Å². The summed E-state index contributed by atoms with van der Waals surface area (Å²) in [5, 5.41) is 11.3. The highest BCUT2D eigenvalue weighted by Gasteiger charge is 2.45. The highest BCUT2D eigenvalue weighted by atomic mass is 127. The quantitative estimate of drug-likeness (QED) is 0.398. The third-order valence-electron chi connectivity index (χ3n) is 5.42. The summed E-state index contributed by atoms with van der Waals surface area (Å²) in [6, 6.07) is 7.36. The molecule has 0 bridgehead atoms. The lowest BCUT2D eigenvalue weighted by Crippen LogP contribution is -2.48. The minimum atomic E-state index is -0.115. The normalized spacial score (nSPS) is 20.4. The fourth-order valence-corrected chi connectivity index (χ4v) is 3.78. The molecule has 0 spiro atoms. The van der Waals surface area contributed by atoms with Gasteiger partial charge in [0.1, 0.15) is 17.5 Å². The summed E-state index contributed by atoms with van der Waals surface area (Å²) in [7, 11) is 1.77. The van der Waals surface area contributed by atoms with Crippen LogP contribution in [-0.4, -0.2) is 40.4 Å². The first-order valence-corrected chi connectivity index (χ1v) is 9.22. The molecule has 1 aliphatic heterocycles. The molecule has 146 valence electrons. The summed E-state index contributed by atoms with van der Waals surface area (Å²) in [6.45, 7) is 3.40. The second kappa shape index (κ2) is 8.12. The Morgan fingerprint density at radius 2 is 2.15 bits per heavy atom. The first-order valence-electron chi connectivity index (χ1n) is 9.22. The zero-order valence-electron chi connectivity index (χ0n) is 15.7. The lowest BCUT2D eigenvalue weighted by Gasteiger charge is -2.26. The van der Waals surface area contributed by atoms with E-state index in [0.717, 1.165) is 55.4 Å². The van der Waals surface area contributed by atoms with Crippen molar-refractivity contribution in [3.63, 3.8) is 0 Å². The Morgan fingerprint density at radius 1 is 1.37 bits per heavy atom. The number of hydrogen-bond donors (Lipinski definition) is 2. The van der Waals surface area contributed by atoms with E-state index in [1.54, 1.807) is 19.2 Å². The molecule has 1 fully saturated rings. The Balaban J connectivity index is 0.00000210. The van der Waals surface area contributed by atoms with Gasteiger partial charge in [0, 0.05) is 31.5 Å². The number of benzene rings is 1. The Bertz CT molecular complexity index is 829. The number of guanidine groups is 1. The van der Waals surface area contributed by atoms with E-state index in [9.17, 15) is 4.39 Å². The van der Waals surface area contributed by atoms with Gasteiger partial charge in [-0.05, 0) is 37.8 Å². The molecule has 2 N–H and O–H groups in total. The van der Waals surface area contributed by atoms with Gasteiger partial charge in [-0.2, -0.15) is 5.10 Å². The summed E-state index contributed by atoms with van der Waals surface area (Å²) in [6.07, 6.45) is 3.91. The van der Waals surface area contributed by atoms with Crippen molar-refractivity contribution in [1.29, 1.82) is 0 Å². The smallest absolute Gasteiger partial charge is 0.191 e. The van der Waals surface area contributed by atoms with Gasteiger partial charge in [-0.1, -0.05) is 18.2 Å². The predicted octanol–water partition coefficient (Wildman–Crippen LogP) is 2.56. The van der Waals surface area contributed by atoms with Crippen molar-refractivity contribution in [2.24, 2.45) is 4.99 Å². The minimum Gasteiger partial charge on any atom is -0.356 e. The van der Waals surface area contributed by atoms with E-state index >= 15 is 0 Å². The number of fused-ring (bicyclic) bond motifs is 1. The maximum Gasteiger partial charge on any atom is 0.191 e. The molecule has 27 heavy (non-hydrogen) atoms. The van der Waals surface area contributed by atoms with Gasteiger partial charge in [0.05, 0.1) is 6.54 Å². The number of aryl methyl sites for hydroxylation is 2. The topological polar surface area (TPSA) is 67.1 Å². The molecule has 0 amide bonds. The number of nitrogens with zero attached hydrogens (tertiary/aromatic N) is 4. The summed E-state index contributed by atoms with van der Waals surface area (Å²) in [4.78, 5) is 8.79. The molecule has 1 aromatic carbocycles. The van der Waals surface area contributed by atoms with Gasteiger partial charge in [-0.3, -0.25) is 4.99 Å². The van der Waals surface area contributed by atoms with Crippen LogP contribution in [-0.2, 0) is 18.4 Å². The number of aliphatic imine (C=N–C) groups is 1. The van der Waals surface area contributed by atoms with Crippen LogP contribution < -0.4 is 10.6 Å². The second-order valence-electron chi connectivity index (χ2n) is 7.32. The van der Waals surface area contributed by atoms with E-state index in [4.69, 9.17) is 0 Å². The SMILES string of the molecule is CN=C(NCC1(c2ccccc2F)CC1)NC1CCc2nc(C)nn2C1.I. The molecule has 4 rings (SSSR count). The molecule has 1 unspecified atom stereocenters. The van der Waals surface area contributed by atoms with Crippen molar-refractivity contribution in [1.82, 2.24) is 25.4 Å². The van der Waals surface area contributed by atoms with Gasteiger partial charge in [-0.15, -0.1) is 24.0 Å². The number of aromatic nitrogens is 3. The lowest BCUT2D eigenvalue weighted by molar-refractivity contribution is 0.391. The fourth-order valence-electron chi connectivity index (χ4n) is 3.78. The van der Waals surface area contributed by atoms with Crippen molar-refractivity contribution in [2.45, 2.75) is 50.6 Å². The Hall–Kier alpha value is -1.71. The van der Waals surface area contributed by atoms with Crippen LogP contribution in [0.25, 0.3) is 0 Å². The average Bonchev–Trinajstić information content (AvgIpc) is 3.33. The lowest BCUT2D eigenvalue weighted by atomic mass is 9.95. The van der Waals surface area contributed by atoms with Gasteiger partial charge < -0.3 is 10.6 Å². The summed E-state index contributed by atoms with van der Waals surface area (Å²) < 4.78 is 16.1. The first-order chi connectivity index (χ1) is 12.6. The Labute approximate surface area is 176 Å². The zero-order chi connectivity index (χ0) is 18.1. The summed E-state index contributed by atoms with van der Waals surface area (Å²) >= 11 is 0. The molecule has 6 nitrogen and oxygen atoms in total. The van der Waals surface area contributed by atoms with Crippen molar-refractivity contribution in [2.75, 3.05) is 13.6 Å². The van der Waals surface area contributed by atoms with Gasteiger partial charge in [0.25, 0.3) is 0 Å². The third-order valence-corrected chi connectivity index (χ3v) is 5.42. The van der Waals surface area contributed by atoms with Crippen LogP contribution in [0.1, 0.15) is 36.5 Å². The molecule has 1 aliphatic carbocycles. The van der Waals surface area contributed by atoms with Gasteiger partial charge in [-0.25, -0.2) is 14.1 Å². The third kappa shape index (κ3) is 4.25. The number of nitrogens with one attached hydrogen (secondary N) is 2. The molecular formula is C19H26FIN6. The molecule has 0 saturated heterocycles. The zero-order valence-corrected chi connectivity index (χ0v) is 18.0. The van der Waals surface area contributed by atoms with E-state index in [0.29, 0.717) is 6.54 Å². The highest BCUT2D eigenvalue weighted by Crippen LogP contribution is 2.48. The summed E-state index contributed by atoms with van der Waals surface area (Å²) in [5.74, 6) is 2.53. The van der Waals surface area contributed by atoms with Crippen molar-refractivity contribution in [3.05, 3.63) is 47.3 Å². The Kier molecular flexibility index (Phi) is 6.02. The largest absolute Gasteiger partial charge is 0.356 e. The molecule has 0 radical (unpaired) electrons. The summed E-state index contributed by atoms with van der Waals surface area (Å²) in [5.41, 5.74) is 0.703. The number of rotatable bonds is 4. The standard InChI is InChI=1S/C19H25FN6.HI/c1-13-23-17-8-7-14(11-26(17)25-13)24-18(21-2)22-12-19(9-10-19)15-5-3-4-6-16(15)20;/h3-6,14H,7-12H2,1-2H3,(H2,21,22,24);1H. The molecule has 2 aliphatic rings. The first kappa shape index (κ1) is 20.0. The van der Waals surface area contributed by atoms with E-state index in [-0.39, 0.29) is 41.3 Å². The van der Waals surface area contributed by atoms with Crippen LogP contribution in [0.5, 0.6) is 0 Å². The van der Waals surface area contributed by atoms with E-state index in [2.05, 4.69) is 25.7 Å². The van der Waals surface area contributed by atoms with Gasteiger partial charge in [0.15, 0.2) is 5.96 Å². The van der Waals surface area contributed by atoms with Gasteiger partial charge in [0.2, 0.25) is 0 Å². The molecule has 1 aromatic heterocycles. The van der Waals surface area contributed by atoms with Crippen LogP contribution in [0.3, 0.4) is 0 Å². The van der Waals surface area contributed by atoms with E-state index in [1.807, 2.05) is 23.7 Å². The number of hydrogen-bond acceptors (Lipinski definition) is 3. The van der Waals surface area contributed by atoms with Crippen molar-refractivity contribution < 1.29 is 4.39 Å². The highest BCUT2D eigenvalue weighted by molar-refractivity contribution is 14.0. The molecule has 2 heterocycles. The van der Waals surface area contributed by atoms with Crippen LogP contribution in [0.15, 0.2) is 29.3 Å². The molecular weight excluding hydrogens is 458 g/mol. The molecule has 1 saturated carbocycles. The van der Waals surface area contributed by atoms with Crippen LogP contribution in [0.4, 0.5) is 4.39 Å². The fraction of sp³-hybridized carbons (Fsp3) is 0.526.